The van der Waals surface area contributed by atoms with E-state index in [0.29, 0.717) is 6.04 Å². The lowest BCUT2D eigenvalue weighted by atomic mass is 10.1. The van der Waals surface area contributed by atoms with Crippen LogP contribution >= 0.6 is 0 Å². The SMILES string of the molecule is CC.CC(C)N(C)C1CCOCC1. The molecule has 0 spiro atoms. The van der Waals surface area contributed by atoms with Crippen LogP contribution in [0.1, 0.15) is 40.5 Å². The van der Waals surface area contributed by atoms with Crippen molar-refractivity contribution in [3.63, 3.8) is 0 Å². The van der Waals surface area contributed by atoms with Crippen LogP contribution in [0.15, 0.2) is 0 Å². The van der Waals surface area contributed by atoms with Crippen LogP contribution in [-0.4, -0.2) is 37.2 Å². The minimum absolute atomic E-state index is 0.665. The highest BCUT2D eigenvalue weighted by Gasteiger charge is 2.19. The van der Waals surface area contributed by atoms with Crippen LogP contribution in [0.4, 0.5) is 0 Å². The summed E-state index contributed by atoms with van der Waals surface area (Å²) in [6.07, 6.45) is 2.41. The first-order chi connectivity index (χ1) is 6.22. The van der Waals surface area contributed by atoms with E-state index in [-0.39, 0.29) is 0 Å². The van der Waals surface area contributed by atoms with Crippen LogP contribution < -0.4 is 0 Å². The first-order valence-corrected chi connectivity index (χ1v) is 5.51. The molecule has 0 aromatic rings. The van der Waals surface area contributed by atoms with E-state index in [4.69, 9.17) is 4.74 Å². The molecule has 0 unspecified atom stereocenters. The van der Waals surface area contributed by atoms with Gasteiger partial charge in [0, 0.05) is 25.3 Å². The third-order valence-corrected chi connectivity index (χ3v) is 2.58. The lowest BCUT2D eigenvalue weighted by Gasteiger charge is -2.33. The number of hydrogen-bond acceptors (Lipinski definition) is 2. The zero-order chi connectivity index (χ0) is 10.3. The highest BCUT2D eigenvalue weighted by Crippen LogP contribution is 2.14. The van der Waals surface area contributed by atoms with Gasteiger partial charge < -0.3 is 9.64 Å². The van der Waals surface area contributed by atoms with Gasteiger partial charge in [0.05, 0.1) is 0 Å². The summed E-state index contributed by atoms with van der Waals surface area (Å²) < 4.78 is 5.30. The Morgan fingerprint density at radius 2 is 1.62 bits per heavy atom. The zero-order valence-corrected chi connectivity index (χ0v) is 9.84. The van der Waals surface area contributed by atoms with Crippen molar-refractivity contribution >= 4 is 0 Å². The molecule has 1 saturated heterocycles. The van der Waals surface area contributed by atoms with E-state index in [9.17, 15) is 0 Å². The lowest BCUT2D eigenvalue weighted by molar-refractivity contribution is 0.0337. The van der Waals surface area contributed by atoms with Crippen molar-refractivity contribution in [3.05, 3.63) is 0 Å². The van der Waals surface area contributed by atoms with Crippen molar-refractivity contribution < 1.29 is 4.74 Å². The Morgan fingerprint density at radius 3 is 2.00 bits per heavy atom. The molecule has 1 rings (SSSR count). The van der Waals surface area contributed by atoms with E-state index in [1.807, 2.05) is 13.8 Å². The molecule has 0 aromatic carbocycles. The number of rotatable bonds is 2. The Hall–Kier alpha value is -0.0800. The summed E-state index contributed by atoms with van der Waals surface area (Å²) in [7, 11) is 2.21. The number of hydrogen-bond donors (Lipinski definition) is 0. The topological polar surface area (TPSA) is 12.5 Å². The van der Waals surface area contributed by atoms with E-state index in [1.54, 1.807) is 0 Å². The van der Waals surface area contributed by atoms with Crippen LogP contribution in [-0.2, 0) is 4.74 Å². The molecule has 2 heteroatoms. The van der Waals surface area contributed by atoms with Gasteiger partial charge in [-0.1, -0.05) is 13.8 Å². The second kappa shape index (κ2) is 7.34. The van der Waals surface area contributed by atoms with E-state index >= 15 is 0 Å². The predicted molar refractivity (Wildman–Crippen MR) is 58.1 cm³/mol. The van der Waals surface area contributed by atoms with Crippen LogP contribution in [0.5, 0.6) is 0 Å². The highest BCUT2D eigenvalue weighted by atomic mass is 16.5. The molecule has 1 aliphatic rings. The van der Waals surface area contributed by atoms with Gasteiger partial charge in [0.25, 0.3) is 0 Å². The van der Waals surface area contributed by atoms with Crippen LogP contribution in [0.2, 0.25) is 0 Å². The van der Waals surface area contributed by atoms with Crippen molar-refractivity contribution in [1.29, 1.82) is 0 Å². The van der Waals surface area contributed by atoms with Crippen molar-refractivity contribution in [2.24, 2.45) is 0 Å². The summed E-state index contributed by atoms with van der Waals surface area (Å²) >= 11 is 0. The summed E-state index contributed by atoms with van der Waals surface area (Å²) in [4.78, 5) is 2.45. The maximum atomic E-state index is 5.30. The quantitative estimate of drug-likeness (QED) is 0.658. The fourth-order valence-corrected chi connectivity index (χ4v) is 1.51. The van der Waals surface area contributed by atoms with Crippen molar-refractivity contribution in [2.75, 3.05) is 20.3 Å². The first-order valence-electron chi connectivity index (χ1n) is 5.51. The fourth-order valence-electron chi connectivity index (χ4n) is 1.51. The van der Waals surface area contributed by atoms with Gasteiger partial charge in [-0.15, -0.1) is 0 Å². The molecule has 0 atom stereocenters. The molecule has 2 nitrogen and oxygen atoms in total. The second-order valence-electron chi connectivity index (χ2n) is 3.60. The Morgan fingerprint density at radius 1 is 1.15 bits per heavy atom. The predicted octanol–water partition coefficient (Wildman–Crippen LogP) is 2.53. The molecule has 0 saturated carbocycles. The molecule has 0 aliphatic carbocycles. The molecule has 13 heavy (non-hydrogen) atoms. The van der Waals surface area contributed by atoms with Crippen LogP contribution in [0.25, 0.3) is 0 Å². The molecular formula is C11H25NO. The molecule has 0 aromatic heterocycles. The fraction of sp³-hybridized carbons (Fsp3) is 1.00. The average Bonchev–Trinajstić information content (AvgIpc) is 2.21. The Balaban J connectivity index is 0.000000671. The molecular weight excluding hydrogens is 162 g/mol. The molecule has 1 aliphatic heterocycles. The van der Waals surface area contributed by atoms with Gasteiger partial charge in [-0.2, -0.15) is 0 Å². The zero-order valence-electron chi connectivity index (χ0n) is 9.84. The van der Waals surface area contributed by atoms with Gasteiger partial charge >= 0.3 is 0 Å². The Kier molecular flexibility index (Phi) is 7.29. The molecule has 80 valence electrons. The van der Waals surface area contributed by atoms with Gasteiger partial charge in [0.1, 0.15) is 0 Å². The first kappa shape index (κ1) is 12.9. The maximum Gasteiger partial charge on any atom is 0.0480 e. The van der Waals surface area contributed by atoms with Gasteiger partial charge in [0.15, 0.2) is 0 Å². The normalized spacial score (nSPS) is 18.7. The van der Waals surface area contributed by atoms with Crippen LogP contribution in [0.3, 0.4) is 0 Å². The van der Waals surface area contributed by atoms with E-state index in [2.05, 4.69) is 25.8 Å². The Bertz CT molecular complexity index is 109. The van der Waals surface area contributed by atoms with E-state index in [0.717, 1.165) is 19.3 Å². The summed E-state index contributed by atoms with van der Waals surface area (Å²) in [6, 6.07) is 1.42. The summed E-state index contributed by atoms with van der Waals surface area (Å²) in [5, 5.41) is 0. The van der Waals surface area contributed by atoms with Crippen molar-refractivity contribution in [3.8, 4) is 0 Å². The van der Waals surface area contributed by atoms with Gasteiger partial charge in [-0.05, 0) is 33.7 Å². The molecule has 0 bridgehead atoms. The monoisotopic (exact) mass is 187 g/mol. The van der Waals surface area contributed by atoms with E-state index < -0.39 is 0 Å². The molecule has 0 N–H and O–H groups in total. The summed E-state index contributed by atoms with van der Waals surface area (Å²) in [6.45, 7) is 10.4. The average molecular weight is 187 g/mol. The number of nitrogens with zero attached hydrogens (tertiary/aromatic N) is 1. The minimum atomic E-state index is 0.665. The second-order valence-corrected chi connectivity index (χ2v) is 3.60. The highest BCUT2D eigenvalue weighted by molar-refractivity contribution is 4.73. The van der Waals surface area contributed by atoms with E-state index in [1.165, 1.54) is 12.8 Å². The molecule has 0 radical (unpaired) electrons. The largest absolute Gasteiger partial charge is 0.381 e. The van der Waals surface area contributed by atoms with Gasteiger partial charge in [-0.3, -0.25) is 0 Å². The smallest absolute Gasteiger partial charge is 0.0480 e. The maximum absolute atomic E-state index is 5.30. The molecule has 1 heterocycles. The molecule has 1 fully saturated rings. The third-order valence-electron chi connectivity index (χ3n) is 2.58. The summed E-state index contributed by atoms with van der Waals surface area (Å²) in [5.41, 5.74) is 0. The standard InChI is InChI=1S/C9H19NO.C2H6/c1-8(2)10(3)9-4-6-11-7-5-9;1-2/h8-9H,4-7H2,1-3H3;1-2H3. The number of ether oxygens (including phenoxy) is 1. The van der Waals surface area contributed by atoms with Gasteiger partial charge in [-0.25, -0.2) is 0 Å². The van der Waals surface area contributed by atoms with Crippen molar-refractivity contribution in [1.82, 2.24) is 4.90 Å². The lowest BCUT2D eigenvalue weighted by Crippen LogP contribution is -2.40. The Labute approximate surface area is 83.3 Å². The van der Waals surface area contributed by atoms with Gasteiger partial charge in [0.2, 0.25) is 0 Å². The van der Waals surface area contributed by atoms with Crippen LogP contribution in [0, 0.1) is 0 Å². The minimum Gasteiger partial charge on any atom is -0.381 e. The molecule has 0 amide bonds. The third kappa shape index (κ3) is 4.63. The summed E-state index contributed by atoms with van der Waals surface area (Å²) in [5.74, 6) is 0. The van der Waals surface area contributed by atoms with Crippen molar-refractivity contribution in [2.45, 2.75) is 52.6 Å².